The van der Waals surface area contributed by atoms with E-state index in [0.717, 1.165) is 23.6 Å². The molecule has 0 atom stereocenters. The third-order valence-electron chi connectivity index (χ3n) is 3.79. The van der Waals surface area contributed by atoms with E-state index in [1.807, 2.05) is 0 Å². The van der Waals surface area contributed by atoms with E-state index < -0.39 is 29.3 Å². The van der Waals surface area contributed by atoms with Crippen molar-refractivity contribution >= 4 is 40.5 Å². The molecule has 0 unspecified atom stereocenters. The van der Waals surface area contributed by atoms with Crippen LogP contribution in [0.4, 0.5) is 13.2 Å². The van der Waals surface area contributed by atoms with E-state index in [9.17, 15) is 22.8 Å². The lowest BCUT2D eigenvalue weighted by Gasteiger charge is -2.20. The minimum absolute atomic E-state index is 0.0382. The van der Waals surface area contributed by atoms with Crippen LogP contribution in [-0.4, -0.2) is 37.1 Å². The van der Waals surface area contributed by atoms with Crippen molar-refractivity contribution < 1.29 is 27.9 Å². The summed E-state index contributed by atoms with van der Waals surface area (Å²) < 4.78 is 41.4. The van der Waals surface area contributed by atoms with Gasteiger partial charge in [-0.2, -0.15) is 18.3 Å². The second-order valence-electron chi connectivity index (χ2n) is 6.31. The predicted molar refractivity (Wildman–Crippen MR) is 95.5 cm³/mol. The molecule has 3 heterocycles. The zero-order valence-corrected chi connectivity index (χ0v) is 15.9. The number of nitrogens with one attached hydrogen (secondary N) is 1. The van der Waals surface area contributed by atoms with E-state index >= 15 is 0 Å². The number of alkyl halides is 3. The average molecular weight is 433 g/mol. The largest absolute Gasteiger partial charge is 0.480 e. The third-order valence-corrected chi connectivity index (χ3v) is 5.05. The van der Waals surface area contributed by atoms with E-state index in [1.165, 1.54) is 26.0 Å². The van der Waals surface area contributed by atoms with Gasteiger partial charge in [-0.05, 0) is 32.0 Å². The van der Waals surface area contributed by atoms with E-state index in [1.54, 1.807) is 0 Å². The van der Waals surface area contributed by atoms with Crippen LogP contribution in [0.25, 0.3) is 16.2 Å². The van der Waals surface area contributed by atoms with E-state index in [2.05, 4.69) is 15.4 Å². The van der Waals surface area contributed by atoms with Crippen molar-refractivity contribution in [3.63, 3.8) is 0 Å². The lowest BCUT2D eigenvalue weighted by atomic mass is 10.1. The summed E-state index contributed by atoms with van der Waals surface area (Å²) in [6.07, 6.45) is -3.85. The fraction of sp³-hybridized carbons (Fsp3) is 0.250. The first-order valence-corrected chi connectivity index (χ1v) is 8.87. The van der Waals surface area contributed by atoms with Crippen molar-refractivity contribution in [2.75, 3.05) is 0 Å². The number of halogens is 4. The van der Waals surface area contributed by atoms with Gasteiger partial charge in [-0.3, -0.25) is 4.79 Å². The Labute approximate surface area is 164 Å². The minimum atomic E-state index is -4.77. The van der Waals surface area contributed by atoms with Gasteiger partial charge in [0.05, 0.1) is 21.1 Å². The monoisotopic (exact) mass is 432 g/mol. The lowest BCUT2D eigenvalue weighted by molar-refractivity contribution is -0.143. The van der Waals surface area contributed by atoms with Crippen molar-refractivity contribution in [3.8, 4) is 10.6 Å². The highest BCUT2D eigenvalue weighted by Gasteiger charge is 2.37. The Morgan fingerprint density at radius 3 is 2.50 bits per heavy atom. The SMILES string of the molecule is CC(C)(NC(=O)c1cnn2c(C(F)(F)F)cc(-c3ccc(Cl)s3)nc12)C(=O)O. The van der Waals surface area contributed by atoms with Gasteiger partial charge in [0.25, 0.3) is 5.91 Å². The quantitative estimate of drug-likeness (QED) is 0.655. The Bertz CT molecular complexity index is 1090. The number of carbonyl (C=O) groups is 2. The van der Waals surface area contributed by atoms with Gasteiger partial charge in [-0.15, -0.1) is 11.3 Å². The number of thiophene rings is 1. The van der Waals surface area contributed by atoms with Crippen molar-refractivity contribution in [3.05, 3.63) is 40.0 Å². The van der Waals surface area contributed by atoms with Crippen molar-refractivity contribution in [1.82, 2.24) is 19.9 Å². The van der Waals surface area contributed by atoms with Crippen LogP contribution in [0.5, 0.6) is 0 Å². The van der Waals surface area contributed by atoms with E-state index in [-0.39, 0.29) is 16.9 Å². The molecule has 0 saturated heterocycles. The minimum Gasteiger partial charge on any atom is -0.480 e. The molecule has 28 heavy (non-hydrogen) atoms. The van der Waals surface area contributed by atoms with Crippen LogP contribution < -0.4 is 5.32 Å². The molecule has 0 spiro atoms. The highest BCUT2D eigenvalue weighted by molar-refractivity contribution is 7.19. The summed E-state index contributed by atoms with van der Waals surface area (Å²) in [6, 6.07) is 3.83. The predicted octanol–water partition coefficient (Wildman–Crippen LogP) is 3.72. The smallest absolute Gasteiger partial charge is 0.433 e. The van der Waals surface area contributed by atoms with Gasteiger partial charge in [-0.1, -0.05) is 11.6 Å². The van der Waals surface area contributed by atoms with Crippen molar-refractivity contribution in [2.45, 2.75) is 25.6 Å². The summed E-state index contributed by atoms with van der Waals surface area (Å²) in [5.41, 5.74) is -3.45. The fourth-order valence-corrected chi connectivity index (χ4v) is 3.31. The Hall–Kier alpha value is -2.66. The number of carboxylic acid groups (broad SMARTS) is 1. The molecular weight excluding hydrogens is 421 g/mol. The van der Waals surface area contributed by atoms with Crippen LogP contribution in [0.2, 0.25) is 4.34 Å². The molecule has 0 bridgehead atoms. The molecule has 0 aromatic carbocycles. The van der Waals surface area contributed by atoms with Gasteiger partial charge in [0, 0.05) is 0 Å². The van der Waals surface area contributed by atoms with E-state index in [4.69, 9.17) is 16.7 Å². The van der Waals surface area contributed by atoms with Crippen LogP contribution in [0.3, 0.4) is 0 Å². The first kappa shape index (κ1) is 20.1. The zero-order valence-electron chi connectivity index (χ0n) is 14.3. The Kier molecular flexibility index (Phi) is 4.84. The molecular formula is C16H12ClF3N4O3S. The van der Waals surface area contributed by atoms with Crippen LogP contribution in [0, 0.1) is 0 Å². The highest BCUT2D eigenvalue weighted by Crippen LogP contribution is 2.35. The number of fused-ring (bicyclic) bond motifs is 1. The van der Waals surface area contributed by atoms with Gasteiger partial charge in [-0.25, -0.2) is 14.3 Å². The summed E-state index contributed by atoms with van der Waals surface area (Å²) in [5.74, 6) is -2.22. The maximum absolute atomic E-state index is 13.5. The van der Waals surface area contributed by atoms with Gasteiger partial charge >= 0.3 is 12.1 Å². The summed E-state index contributed by atoms with van der Waals surface area (Å²) in [6.45, 7) is 2.49. The summed E-state index contributed by atoms with van der Waals surface area (Å²) >= 11 is 6.88. The third kappa shape index (κ3) is 3.67. The molecule has 3 aromatic rings. The number of nitrogens with zero attached hydrogens (tertiary/aromatic N) is 3. The van der Waals surface area contributed by atoms with Gasteiger partial charge in [0.1, 0.15) is 11.1 Å². The topological polar surface area (TPSA) is 96.6 Å². The molecule has 0 radical (unpaired) electrons. The van der Waals surface area contributed by atoms with Crippen LogP contribution in [-0.2, 0) is 11.0 Å². The number of amides is 1. The number of rotatable bonds is 4. The number of hydrogen-bond donors (Lipinski definition) is 2. The second kappa shape index (κ2) is 6.74. The first-order chi connectivity index (χ1) is 12.9. The summed E-state index contributed by atoms with van der Waals surface area (Å²) in [5, 5.41) is 15.0. The number of aromatic nitrogens is 3. The van der Waals surface area contributed by atoms with Crippen LogP contribution in [0.1, 0.15) is 29.9 Å². The Morgan fingerprint density at radius 1 is 1.29 bits per heavy atom. The van der Waals surface area contributed by atoms with Crippen LogP contribution in [0.15, 0.2) is 24.4 Å². The molecule has 0 fully saturated rings. The molecule has 1 amide bonds. The molecule has 7 nitrogen and oxygen atoms in total. The van der Waals surface area contributed by atoms with Crippen molar-refractivity contribution in [1.29, 1.82) is 0 Å². The average Bonchev–Trinajstić information content (AvgIpc) is 3.18. The number of hydrogen-bond acceptors (Lipinski definition) is 5. The van der Waals surface area contributed by atoms with Gasteiger partial charge < -0.3 is 10.4 Å². The molecule has 12 heteroatoms. The highest BCUT2D eigenvalue weighted by atomic mass is 35.5. The molecule has 3 rings (SSSR count). The lowest BCUT2D eigenvalue weighted by Crippen LogP contribution is -2.49. The number of carboxylic acids is 1. The zero-order chi connectivity index (χ0) is 20.9. The van der Waals surface area contributed by atoms with Gasteiger partial charge in [0.15, 0.2) is 11.3 Å². The Morgan fingerprint density at radius 2 is 1.96 bits per heavy atom. The normalized spacial score (nSPS) is 12.4. The van der Waals surface area contributed by atoms with Crippen molar-refractivity contribution in [2.24, 2.45) is 0 Å². The number of carbonyl (C=O) groups excluding carboxylic acids is 1. The molecule has 148 valence electrons. The van der Waals surface area contributed by atoms with Crippen LogP contribution >= 0.6 is 22.9 Å². The summed E-state index contributed by atoms with van der Waals surface area (Å²) in [7, 11) is 0. The molecule has 0 aliphatic carbocycles. The van der Waals surface area contributed by atoms with E-state index in [0.29, 0.717) is 13.7 Å². The Balaban J connectivity index is 2.18. The van der Waals surface area contributed by atoms with Gasteiger partial charge in [0.2, 0.25) is 0 Å². The molecule has 0 aliphatic heterocycles. The fourth-order valence-electron chi connectivity index (χ4n) is 2.31. The number of aliphatic carboxylic acids is 1. The first-order valence-electron chi connectivity index (χ1n) is 7.68. The molecule has 0 saturated carbocycles. The maximum atomic E-state index is 13.5. The molecule has 3 aromatic heterocycles. The standard InChI is InChI=1S/C16H12ClF3N4O3S/c1-15(2,14(26)27)23-13(25)7-6-21-24-10(16(18,19)20)5-8(22-12(7)24)9-3-4-11(17)28-9/h3-6H,1-2H3,(H,23,25)(H,26,27). The second-order valence-corrected chi connectivity index (χ2v) is 8.02. The molecule has 2 N–H and O–H groups in total. The summed E-state index contributed by atoms with van der Waals surface area (Å²) in [4.78, 5) is 28.2. The maximum Gasteiger partial charge on any atom is 0.433 e. The molecule has 0 aliphatic rings.